The molecule has 0 atom stereocenters. The molecular formula is C15H19N3O8. The molecule has 1 fully saturated rings. The molecule has 1 aliphatic rings. The van der Waals surface area contributed by atoms with Gasteiger partial charge in [-0.05, 0) is 25.0 Å². The number of unbranched alkanes of at least 4 members (excludes halogenated alkanes) is 1. The summed E-state index contributed by atoms with van der Waals surface area (Å²) < 4.78 is 0. The van der Waals surface area contributed by atoms with Gasteiger partial charge in [-0.15, -0.1) is 0 Å². The summed E-state index contributed by atoms with van der Waals surface area (Å²) >= 11 is 0. The highest BCUT2D eigenvalue weighted by molar-refractivity contribution is 5.94. The van der Waals surface area contributed by atoms with Crippen LogP contribution in [0.2, 0.25) is 0 Å². The van der Waals surface area contributed by atoms with E-state index in [1.54, 1.807) is 0 Å². The van der Waals surface area contributed by atoms with Crippen LogP contribution >= 0.6 is 0 Å². The van der Waals surface area contributed by atoms with Gasteiger partial charge in [0.15, 0.2) is 0 Å². The van der Waals surface area contributed by atoms with Crippen molar-refractivity contribution < 1.29 is 34.1 Å². The Balaban J connectivity index is 1.70. The number of rotatable bonds is 9. The second-order valence-corrected chi connectivity index (χ2v) is 5.33. The predicted molar refractivity (Wildman–Crippen MR) is 85.0 cm³/mol. The fourth-order valence-corrected chi connectivity index (χ4v) is 2.15. The maximum Gasteiger partial charge on any atom is 0.330 e. The SMILES string of the molecule is O=C(CCCCNC(=O)c1ccc(CO)c([N+](=O)[O-])c1)ON1OCCO1. The van der Waals surface area contributed by atoms with E-state index in [-0.39, 0.29) is 23.2 Å². The predicted octanol–water partition coefficient (Wildman–Crippen LogP) is 0.624. The quantitative estimate of drug-likeness (QED) is 0.364. The lowest BCUT2D eigenvalue weighted by molar-refractivity contribution is -0.460. The van der Waals surface area contributed by atoms with Gasteiger partial charge in [-0.25, -0.2) is 9.68 Å². The van der Waals surface area contributed by atoms with Crippen molar-refractivity contribution in [1.82, 2.24) is 10.7 Å². The van der Waals surface area contributed by atoms with Crippen LogP contribution in [0.1, 0.15) is 35.2 Å². The van der Waals surface area contributed by atoms with Crippen molar-refractivity contribution in [1.29, 1.82) is 0 Å². The second-order valence-electron chi connectivity index (χ2n) is 5.33. The zero-order valence-electron chi connectivity index (χ0n) is 13.9. The van der Waals surface area contributed by atoms with E-state index < -0.39 is 23.4 Å². The van der Waals surface area contributed by atoms with Crippen molar-refractivity contribution in [2.75, 3.05) is 19.8 Å². The van der Waals surface area contributed by atoms with Gasteiger partial charge < -0.3 is 15.3 Å². The summed E-state index contributed by atoms with van der Waals surface area (Å²) in [5.41, 5.74) is -0.0538. The minimum atomic E-state index is -0.651. The first-order valence-corrected chi connectivity index (χ1v) is 7.94. The molecule has 0 saturated carbocycles. The smallest absolute Gasteiger partial charge is 0.330 e. The normalized spacial score (nSPS) is 14.2. The molecule has 1 heterocycles. The zero-order chi connectivity index (χ0) is 18.9. The Hall–Kier alpha value is -2.60. The molecule has 2 N–H and O–H groups in total. The number of carbonyl (C=O) groups excluding carboxylic acids is 2. The van der Waals surface area contributed by atoms with Crippen molar-refractivity contribution in [3.05, 3.63) is 39.4 Å². The average molecular weight is 369 g/mol. The van der Waals surface area contributed by atoms with Crippen LogP contribution in [0.15, 0.2) is 18.2 Å². The van der Waals surface area contributed by atoms with E-state index in [4.69, 9.17) is 19.6 Å². The summed E-state index contributed by atoms with van der Waals surface area (Å²) in [6.45, 7) is 0.438. The van der Waals surface area contributed by atoms with Crippen LogP contribution in [0.3, 0.4) is 0 Å². The van der Waals surface area contributed by atoms with Crippen LogP contribution in [0, 0.1) is 10.1 Å². The molecule has 0 spiro atoms. The molecule has 1 saturated heterocycles. The number of aliphatic hydroxyl groups is 1. The molecule has 0 radical (unpaired) electrons. The number of amides is 1. The van der Waals surface area contributed by atoms with E-state index in [2.05, 4.69) is 5.32 Å². The van der Waals surface area contributed by atoms with Gasteiger partial charge in [-0.3, -0.25) is 19.7 Å². The first-order chi connectivity index (χ1) is 12.5. The Morgan fingerprint density at radius 2 is 2.04 bits per heavy atom. The van der Waals surface area contributed by atoms with Crippen molar-refractivity contribution in [3.63, 3.8) is 0 Å². The minimum absolute atomic E-state index is 0.121. The first-order valence-electron chi connectivity index (χ1n) is 7.94. The maximum atomic E-state index is 12.0. The maximum absolute atomic E-state index is 12.0. The van der Waals surface area contributed by atoms with Crippen molar-refractivity contribution in [2.24, 2.45) is 0 Å². The Morgan fingerprint density at radius 3 is 2.69 bits per heavy atom. The highest BCUT2D eigenvalue weighted by Gasteiger charge is 2.19. The second kappa shape index (κ2) is 9.77. The average Bonchev–Trinajstić information content (AvgIpc) is 3.13. The Bertz CT molecular complexity index is 660. The Kier molecular flexibility index (Phi) is 7.41. The topological polar surface area (TPSA) is 140 Å². The summed E-state index contributed by atoms with van der Waals surface area (Å²) in [6, 6.07) is 3.86. The fourth-order valence-electron chi connectivity index (χ4n) is 2.15. The van der Waals surface area contributed by atoms with Gasteiger partial charge >= 0.3 is 5.97 Å². The van der Waals surface area contributed by atoms with Crippen LogP contribution in [0.25, 0.3) is 0 Å². The van der Waals surface area contributed by atoms with Crippen molar-refractivity contribution in [3.8, 4) is 0 Å². The molecule has 1 amide bonds. The molecule has 11 nitrogen and oxygen atoms in total. The molecule has 0 bridgehead atoms. The number of nitrogens with zero attached hydrogens (tertiary/aromatic N) is 2. The lowest BCUT2D eigenvalue weighted by Gasteiger charge is -2.10. The first kappa shape index (κ1) is 19.7. The van der Waals surface area contributed by atoms with Crippen LogP contribution < -0.4 is 5.32 Å². The molecular weight excluding hydrogens is 350 g/mol. The number of aliphatic hydroxyl groups excluding tert-OH is 1. The van der Waals surface area contributed by atoms with Crippen LogP contribution in [-0.4, -0.2) is 47.1 Å². The third kappa shape index (κ3) is 5.74. The third-order valence-corrected chi connectivity index (χ3v) is 3.46. The highest BCUT2D eigenvalue weighted by atomic mass is 17.2. The van der Waals surface area contributed by atoms with Crippen molar-refractivity contribution >= 4 is 17.6 Å². The molecule has 142 valence electrons. The Labute approximate surface area is 148 Å². The molecule has 2 rings (SSSR count). The van der Waals surface area contributed by atoms with Gasteiger partial charge in [-0.1, -0.05) is 0 Å². The van der Waals surface area contributed by atoms with Crippen LogP contribution in [0.5, 0.6) is 0 Å². The van der Waals surface area contributed by atoms with Gasteiger partial charge in [-0.2, -0.15) is 0 Å². The number of hydrogen-bond donors (Lipinski definition) is 2. The van der Waals surface area contributed by atoms with Gasteiger partial charge in [0.2, 0.25) is 0 Å². The lowest BCUT2D eigenvalue weighted by atomic mass is 10.1. The minimum Gasteiger partial charge on any atom is -0.391 e. The van der Waals surface area contributed by atoms with Crippen LogP contribution in [0.4, 0.5) is 5.69 Å². The fraction of sp³-hybridized carbons (Fsp3) is 0.467. The Morgan fingerprint density at radius 1 is 1.31 bits per heavy atom. The highest BCUT2D eigenvalue weighted by Crippen LogP contribution is 2.20. The monoisotopic (exact) mass is 369 g/mol. The summed E-state index contributed by atoms with van der Waals surface area (Å²) in [5.74, 6) is -0.993. The molecule has 1 aromatic carbocycles. The van der Waals surface area contributed by atoms with E-state index in [1.165, 1.54) is 12.1 Å². The molecule has 26 heavy (non-hydrogen) atoms. The number of nitrogens with one attached hydrogen (secondary N) is 1. The zero-order valence-corrected chi connectivity index (χ0v) is 13.9. The van der Waals surface area contributed by atoms with Crippen molar-refractivity contribution in [2.45, 2.75) is 25.9 Å². The third-order valence-electron chi connectivity index (χ3n) is 3.46. The molecule has 0 aliphatic carbocycles. The number of nitro benzene ring substituents is 1. The molecule has 0 aromatic heterocycles. The van der Waals surface area contributed by atoms with E-state index in [0.717, 1.165) is 6.07 Å². The van der Waals surface area contributed by atoms with E-state index in [9.17, 15) is 19.7 Å². The standard InChI is InChI=1S/C15H19N3O8/c19-10-12-5-4-11(9-13(12)17(22)23)15(21)16-6-2-1-3-14(20)26-18-24-7-8-25-18/h4-5,9,19H,1-3,6-8,10H2,(H,16,21). The van der Waals surface area contributed by atoms with Gasteiger partial charge in [0.25, 0.3) is 11.6 Å². The van der Waals surface area contributed by atoms with Gasteiger partial charge in [0.1, 0.15) is 18.6 Å². The van der Waals surface area contributed by atoms with Gasteiger partial charge in [0.05, 0.1) is 17.1 Å². The summed E-state index contributed by atoms with van der Waals surface area (Å²) in [6.07, 6.45) is 1.10. The number of carbonyl (C=O) groups is 2. The van der Waals surface area contributed by atoms with E-state index in [0.29, 0.717) is 38.0 Å². The van der Waals surface area contributed by atoms with E-state index >= 15 is 0 Å². The summed E-state index contributed by atoms with van der Waals surface area (Å²) in [7, 11) is 0. The lowest BCUT2D eigenvalue weighted by Crippen LogP contribution is -2.25. The molecule has 1 aromatic rings. The van der Waals surface area contributed by atoms with E-state index in [1.807, 2.05) is 0 Å². The number of nitro groups is 1. The summed E-state index contributed by atoms with van der Waals surface area (Å²) in [5, 5.41) is 23.3. The summed E-state index contributed by atoms with van der Waals surface area (Å²) in [4.78, 5) is 48.2. The molecule has 11 heteroatoms. The number of hydrogen-bond acceptors (Lipinski definition) is 9. The number of benzene rings is 1. The largest absolute Gasteiger partial charge is 0.391 e. The van der Waals surface area contributed by atoms with Crippen LogP contribution in [-0.2, 0) is 25.9 Å². The molecule has 0 unspecified atom stereocenters. The van der Waals surface area contributed by atoms with Gasteiger partial charge in [0, 0.05) is 24.6 Å². The molecule has 1 aliphatic heterocycles.